The van der Waals surface area contributed by atoms with Gasteiger partial charge in [0.15, 0.2) is 5.82 Å². The minimum atomic E-state index is -4.50. The lowest BCUT2D eigenvalue weighted by Gasteiger charge is -2.17. The molecule has 9 heteroatoms. The number of alkyl halides is 3. The Morgan fingerprint density at radius 2 is 1.93 bits per heavy atom. The van der Waals surface area contributed by atoms with Crippen LogP contribution in [0.4, 0.5) is 18.9 Å². The Labute approximate surface area is 159 Å². The van der Waals surface area contributed by atoms with Gasteiger partial charge in [-0.25, -0.2) is 4.98 Å². The molecule has 2 N–H and O–H groups in total. The Kier molecular flexibility index (Phi) is 4.60. The molecule has 0 saturated heterocycles. The summed E-state index contributed by atoms with van der Waals surface area (Å²) in [5.41, 5.74) is 0.122. The Morgan fingerprint density at radius 3 is 2.64 bits per heavy atom. The van der Waals surface area contributed by atoms with Crippen molar-refractivity contribution in [3.05, 3.63) is 47.0 Å². The molecule has 4 rings (SSSR count). The fraction of sp³-hybridized carbons (Fsp3) is 0.421. The van der Waals surface area contributed by atoms with Crippen molar-refractivity contribution in [2.75, 3.05) is 5.32 Å². The summed E-state index contributed by atoms with van der Waals surface area (Å²) in [6.45, 7) is 0.546. The molecule has 0 spiro atoms. The normalized spacial score (nSPS) is 16.4. The van der Waals surface area contributed by atoms with Gasteiger partial charge in [-0.15, -0.1) is 0 Å². The summed E-state index contributed by atoms with van der Waals surface area (Å²) in [6, 6.07) is 4.59. The number of nitrogens with one attached hydrogen (secondary N) is 2. The van der Waals surface area contributed by atoms with E-state index in [-0.39, 0.29) is 29.2 Å². The van der Waals surface area contributed by atoms with Gasteiger partial charge in [0.05, 0.1) is 11.3 Å². The molecule has 2 aromatic rings. The van der Waals surface area contributed by atoms with Crippen molar-refractivity contribution in [3.8, 4) is 0 Å². The predicted molar refractivity (Wildman–Crippen MR) is 95.1 cm³/mol. The van der Waals surface area contributed by atoms with Gasteiger partial charge in [-0.3, -0.25) is 9.59 Å². The highest BCUT2D eigenvalue weighted by Gasteiger charge is 2.32. The van der Waals surface area contributed by atoms with Gasteiger partial charge < -0.3 is 15.2 Å². The van der Waals surface area contributed by atoms with Crippen molar-refractivity contribution in [2.24, 2.45) is 0 Å². The molecule has 1 aliphatic carbocycles. The molecule has 0 atom stereocenters. The SMILES string of the molecule is O=C(NC1CC1)c1nc(C(=O)Nc2cccc(C(F)(F)F)c2)n2c1CCCC2. The number of amides is 2. The number of hydrogen-bond donors (Lipinski definition) is 2. The van der Waals surface area contributed by atoms with E-state index in [1.807, 2.05) is 0 Å². The first-order valence-corrected chi connectivity index (χ1v) is 9.22. The van der Waals surface area contributed by atoms with Crippen LogP contribution in [0.15, 0.2) is 24.3 Å². The minimum Gasteiger partial charge on any atom is -0.348 e. The van der Waals surface area contributed by atoms with Gasteiger partial charge in [0, 0.05) is 18.3 Å². The predicted octanol–water partition coefficient (Wildman–Crippen LogP) is 3.38. The average Bonchev–Trinajstić information content (AvgIpc) is 3.38. The van der Waals surface area contributed by atoms with Crippen LogP contribution in [0.1, 0.15) is 58.0 Å². The van der Waals surface area contributed by atoms with Crippen molar-refractivity contribution in [3.63, 3.8) is 0 Å². The van der Waals surface area contributed by atoms with Gasteiger partial charge in [-0.1, -0.05) is 6.07 Å². The summed E-state index contributed by atoms with van der Waals surface area (Å²) >= 11 is 0. The zero-order valence-electron chi connectivity index (χ0n) is 15.0. The van der Waals surface area contributed by atoms with Crippen molar-refractivity contribution in [1.82, 2.24) is 14.9 Å². The monoisotopic (exact) mass is 392 g/mol. The second kappa shape index (κ2) is 6.96. The number of benzene rings is 1. The summed E-state index contributed by atoms with van der Waals surface area (Å²) in [5, 5.41) is 5.35. The van der Waals surface area contributed by atoms with Crippen LogP contribution >= 0.6 is 0 Å². The van der Waals surface area contributed by atoms with E-state index < -0.39 is 17.6 Å². The Morgan fingerprint density at radius 1 is 1.14 bits per heavy atom. The van der Waals surface area contributed by atoms with Gasteiger partial charge in [0.2, 0.25) is 0 Å². The lowest BCUT2D eigenvalue weighted by Crippen LogP contribution is -2.27. The summed E-state index contributed by atoms with van der Waals surface area (Å²) in [5.74, 6) is -0.882. The number of anilines is 1. The molecule has 148 valence electrons. The third-order valence-electron chi connectivity index (χ3n) is 4.90. The molecular weight excluding hydrogens is 373 g/mol. The number of hydrogen-bond acceptors (Lipinski definition) is 3. The van der Waals surface area contributed by atoms with Crippen molar-refractivity contribution < 1.29 is 22.8 Å². The second-order valence-electron chi connectivity index (χ2n) is 7.12. The van der Waals surface area contributed by atoms with Crippen molar-refractivity contribution in [2.45, 2.75) is 50.9 Å². The molecule has 2 aliphatic rings. The quantitative estimate of drug-likeness (QED) is 0.838. The number of imidazole rings is 1. The first-order valence-electron chi connectivity index (χ1n) is 9.22. The number of halogens is 3. The molecule has 1 aliphatic heterocycles. The molecular formula is C19H19F3N4O2. The Bertz CT molecular complexity index is 932. The number of carbonyl (C=O) groups is 2. The van der Waals surface area contributed by atoms with E-state index in [9.17, 15) is 22.8 Å². The number of nitrogens with zero attached hydrogens (tertiary/aromatic N) is 2. The fourth-order valence-corrected chi connectivity index (χ4v) is 3.34. The topological polar surface area (TPSA) is 76.0 Å². The summed E-state index contributed by atoms with van der Waals surface area (Å²) in [6.07, 6.45) is -0.255. The lowest BCUT2D eigenvalue weighted by atomic mass is 10.1. The van der Waals surface area contributed by atoms with Crippen molar-refractivity contribution in [1.29, 1.82) is 0 Å². The van der Waals surface area contributed by atoms with E-state index in [0.29, 0.717) is 18.7 Å². The minimum absolute atomic E-state index is 0.0250. The van der Waals surface area contributed by atoms with E-state index in [2.05, 4.69) is 15.6 Å². The van der Waals surface area contributed by atoms with E-state index in [4.69, 9.17) is 0 Å². The molecule has 1 aromatic carbocycles. The van der Waals surface area contributed by atoms with Crippen LogP contribution in [0.3, 0.4) is 0 Å². The Balaban J connectivity index is 1.60. The van der Waals surface area contributed by atoms with E-state index in [1.165, 1.54) is 12.1 Å². The average molecular weight is 392 g/mol. The fourth-order valence-electron chi connectivity index (χ4n) is 3.34. The number of carbonyl (C=O) groups excluding carboxylic acids is 2. The molecule has 0 unspecified atom stereocenters. The molecule has 0 bridgehead atoms. The van der Waals surface area contributed by atoms with Crippen LogP contribution in [0.5, 0.6) is 0 Å². The lowest BCUT2D eigenvalue weighted by molar-refractivity contribution is -0.137. The maximum Gasteiger partial charge on any atom is 0.416 e. The maximum atomic E-state index is 12.9. The zero-order valence-corrected chi connectivity index (χ0v) is 15.0. The largest absolute Gasteiger partial charge is 0.416 e. The molecule has 1 fully saturated rings. The van der Waals surface area contributed by atoms with Gasteiger partial charge in [0.25, 0.3) is 11.8 Å². The van der Waals surface area contributed by atoms with E-state index in [1.54, 1.807) is 4.57 Å². The Hall–Kier alpha value is -2.84. The molecule has 1 saturated carbocycles. The highest BCUT2D eigenvalue weighted by molar-refractivity contribution is 6.03. The molecule has 2 amide bonds. The summed E-state index contributed by atoms with van der Waals surface area (Å²) < 4.78 is 40.3. The highest BCUT2D eigenvalue weighted by atomic mass is 19.4. The van der Waals surface area contributed by atoms with E-state index >= 15 is 0 Å². The van der Waals surface area contributed by atoms with Crippen LogP contribution in [0, 0.1) is 0 Å². The standard InChI is InChI=1S/C19H19F3N4O2/c20-19(21,22)11-4-3-5-13(10-11)24-18(28)16-25-15(17(27)23-12-7-8-12)14-6-1-2-9-26(14)16/h3-5,10,12H,1-2,6-9H2,(H,23,27)(H,24,28). The smallest absolute Gasteiger partial charge is 0.348 e. The first kappa shape index (κ1) is 18.5. The van der Waals surface area contributed by atoms with Crippen LogP contribution < -0.4 is 10.6 Å². The third-order valence-corrected chi connectivity index (χ3v) is 4.90. The van der Waals surface area contributed by atoms with Crippen LogP contribution in [0.2, 0.25) is 0 Å². The molecule has 0 radical (unpaired) electrons. The molecule has 2 heterocycles. The molecule has 1 aromatic heterocycles. The molecule has 6 nitrogen and oxygen atoms in total. The number of rotatable bonds is 4. The van der Waals surface area contributed by atoms with Crippen LogP contribution in [-0.2, 0) is 19.1 Å². The van der Waals surface area contributed by atoms with Crippen LogP contribution in [0.25, 0.3) is 0 Å². The molecule has 28 heavy (non-hydrogen) atoms. The maximum absolute atomic E-state index is 12.9. The highest BCUT2D eigenvalue weighted by Crippen LogP contribution is 2.31. The van der Waals surface area contributed by atoms with Crippen LogP contribution in [-0.4, -0.2) is 27.4 Å². The number of fused-ring (bicyclic) bond motifs is 1. The zero-order chi connectivity index (χ0) is 19.9. The van der Waals surface area contributed by atoms with Gasteiger partial charge in [-0.2, -0.15) is 13.2 Å². The first-order chi connectivity index (χ1) is 13.3. The van der Waals surface area contributed by atoms with Crippen molar-refractivity contribution >= 4 is 17.5 Å². The third kappa shape index (κ3) is 3.74. The second-order valence-corrected chi connectivity index (χ2v) is 7.12. The van der Waals surface area contributed by atoms with E-state index in [0.717, 1.165) is 37.8 Å². The van der Waals surface area contributed by atoms with Gasteiger partial charge in [0.1, 0.15) is 5.69 Å². The summed E-state index contributed by atoms with van der Waals surface area (Å²) in [4.78, 5) is 29.4. The summed E-state index contributed by atoms with van der Waals surface area (Å²) in [7, 11) is 0. The van der Waals surface area contributed by atoms with Gasteiger partial charge >= 0.3 is 6.18 Å². The number of aromatic nitrogens is 2. The van der Waals surface area contributed by atoms with Gasteiger partial charge in [-0.05, 0) is 50.3 Å².